The predicted molar refractivity (Wildman–Crippen MR) is 79.1 cm³/mol. The number of rotatable bonds is 0. The second-order valence-corrected chi connectivity index (χ2v) is 7.31. The van der Waals surface area contributed by atoms with Crippen LogP contribution < -0.4 is 0 Å². The Hall–Kier alpha value is -1.06. The number of likely N-dealkylation sites (tertiary alicyclic amines) is 2. The monoisotopic (exact) mass is 280 g/mol. The molecule has 0 spiro atoms. The molecule has 4 unspecified atom stereocenters. The molecule has 2 amide bonds. The van der Waals surface area contributed by atoms with Crippen molar-refractivity contribution in [2.45, 2.75) is 40.5 Å². The molecule has 2 aliphatic rings. The van der Waals surface area contributed by atoms with Gasteiger partial charge in [-0.3, -0.25) is 9.59 Å². The second kappa shape index (κ2) is 6.15. The van der Waals surface area contributed by atoms with Crippen molar-refractivity contribution < 1.29 is 9.59 Å². The summed E-state index contributed by atoms with van der Waals surface area (Å²) in [6.45, 7) is 11.6. The lowest BCUT2D eigenvalue weighted by Gasteiger charge is -2.38. The molecule has 0 N–H and O–H groups in total. The topological polar surface area (TPSA) is 40.6 Å². The van der Waals surface area contributed by atoms with Gasteiger partial charge in [-0.2, -0.15) is 0 Å². The number of piperidine rings is 2. The van der Waals surface area contributed by atoms with Crippen molar-refractivity contribution in [2.75, 3.05) is 26.2 Å². The van der Waals surface area contributed by atoms with Crippen molar-refractivity contribution in [3.63, 3.8) is 0 Å². The van der Waals surface area contributed by atoms with Gasteiger partial charge in [0.15, 0.2) is 0 Å². The lowest BCUT2D eigenvalue weighted by Crippen LogP contribution is -2.52. The molecule has 2 rings (SSSR count). The van der Waals surface area contributed by atoms with Gasteiger partial charge in [0.2, 0.25) is 0 Å². The van der Waals surface area contributed by atoms with Gasteiger partial charge in [0, 0.05) is 26.2 Å². The minimum atomic E-state index is -0.287. The Morgan fingerprint density at radius 3 is 1.15 bits per heavy atom. The summed E-state index contributed by atoms with van der Waals surface area (Å²) in [6.07, 6.45) is 2.30. The summed E-state index contributed by atoms with van der Waals surface area (Å²) >= 11 is 0. The molecule has 4 nitrogen and oxygen atoms in total. The van der Waals surface area contributed by atoms with Crippen LogP contribution in [0.2, 0.25) is 0 Å². The van der Waals surface area contributed by atoms with Crippen LogP contribution in [0.5, 0.6) is 0 Å². The van der Waals surface area contributed by atoms with Gasteiger partial charge in [-0.05, 0) is 36.5 Å². The Bertz CT molecular complexity index is 327. The van der Waals surface area contributed by atoms with Gasteiger partial charge in [-0.25, -0.2) is 0 Å². The van der Waals surface area contributed by atoms with E-state index in [-0.39, 0.29) is 11.8 Å². The predicted octanol–water partition coefficient (Wildman–Crippen LogP) is 2.00. The molecule has 0 aromatic heterocycles. The van der Waals surface area contributed by atoms with Crippen LogP contribution in [0.3, 0.4) is 0 Å². The van der Waals surface area contributed by atoms with E-state index in [1.807, 2.05) is 0 Å². The largest absolute Gasteiger partial charge is 0.334 e. The quantitative estimate of drug-likeness (QED) is 0.637. The number of amides is 2. The summed E-state index contributed by atoms with van der Waals surface area (Å²) in [6, 6.07) is 0. The Balaban J connectivity index is 1.99. The zero-order valence-corrected chi connectivity index (χ0v) is 13.3. The molecule has 0 aliphatic carbocycles. The number of hydrogen-bond donors (Lipinski definition) is 0. The summed E-state index contributed by atoms with van der Waals surface area (Å²) in [5, 5.41) is 0. The molecule has 20 heavy (non-hydrogen) atoms. The van der Waals surface area contributed by atoms with Gasteiger partial charge in [-0.15, -0.1) is 0 Å². The molecular formula is C16H28N2O2. The van der Waals surface area contributed by atoms with Crippen LogP contribution in [-0.2, 0) is 9.59 Å². The number of carbonyl (C=O) groups is 2. The summed E-state index contributed by atoms with van der Waals surface area (Å²) in [7, 11) is 0. The van der Waals surface area contributed by atoms with E-state index in [0.717, 1.165) is 39.0 Å². The highest BCUT2D eigenvalue weighted by atomic mass is 16.2. The smallest absolute Gasteiger partial charge is 0.312 e. The maximum Gasteiger partial charge on any atom is 0.312 e. The van der Waals surface area contributed by atoms with E-state index in [4.69, 9.17) is 0 Å². The highest BCUT2D eigenvalue weighted by Gasteiger charge is 2.34. The molecule has 2 saturated heterocycles. The first-order valence-corrected chi connectivity index (χ1v) is 7.95. The average molecular weight is 280 g/mol. The minimum Gasteiger partial charge on any atom is -0.334 e. The maximum absolute atomic E-state index is 12.4. The number of nitrogens with zero attached hydrogens (tertiary/aromatic N) is 2. The fourth-order valence-electron chi connectivity index (χ4n) is 3.93. The molecule has 0 aromatic carbocycles. The van der Waals surface area contributed by atoms with Crippen molar-refractivity contribution in [1.82, 2.24) is 9.80 Å². The van der Waals surface area contributed by atoms with E-state index >= 15 is 0 Å². The van der Waals surface area contributed by atoms with E-state index in [0.29, 0.717) is 23.7 Å². The molecule has 4 heteroatoms. The second-order valence-electron chi connectivity index (χ2n) is 7.31. The summed E-state index contributed by atoms with van der Waals surface area (Å²) in [5.74, 6) is 1.41. The van der Waals surface area contributed by atoms with Crippen LogP contribution in [0.4, 0.5) is 0 Å². The number of carbonyl (C=O) groups excluding carboxylic acids is 2. The highest BCUT2D eigenvalue weighted by molar-refractivity contribution is 6.34. The van der Waals surface area contributed by atoms with Gasteiger partial charge < -0.3 is 9.80 Å². The first kappa shape index (κ1) is 15.3. The average Bonchev–Trinajstić information content (AvgIpc) is 2.34. The third kappa shape index (κ3) is 3.53. The summed E-state index contributed by atoms with van der Waals surface area (Å²) in [4.78, 5) is 28.4. The van der Waals surface area contributed by atoms with E-state index in [2.05, 4.69) is 27.7 Å². The lowest BCUT2D eigenvalue weighted by molar-refractivity contribution is -0.154. The van der Waals surface area contributed by atoms with Crippen molar-refractivity contribution in [3.05, 3.63) is 0 Å². The fraction of sp³-hybridized carbons (Fsp3) is 0.875. The van der Waals surface area contributed by atoms with Gasteiger partial charge in [0.1, 0.15) is 0 Å². The van der Waals surface area contributed by atoms with E-state index < -0.39 is 0 Å². The summed E-state index contributed by atoms with van der Waals surface area (Å²) < 4.78 is 0. The first-order chi connectivity index (χ1) is 9.36. The molecule has 114 valence electrons. The third-order valence-corrected chi connectivity index (χ3v) is 4.50. The van der Waals surface area contributed by atoms with Crippen LogP contribution >= 0.6 is 0 Å². The van der Waals surface area contributed by atoms with E-state index in [1.165, 1.54) is 0 Å². The minimum absolute atomic E-state index is 0.287. The Kier molecular flexibility index (Phi) is 4.71. The zero-order valence-electron chi connectivity index (χ0n) is 13.3. The van der Waals surface area contributed by atoms with Gasteiger partial charge in [0.05, 0.1) is 0 Å². The standard InChI is InChI=1S/C16H28N2O2/c1-11-5-12(2)8-17(7-11)15(19)16(20)18-9-13(3)6-14(4)10-18/h11-14H,5-10H2,1-4H3. The van der Waals surface area contributed by atoms with Crippen LogP contribution in [0.25, 0.3) is 0 Å². The third-order valence-electron chi connectivity index (χ3n) is 4.50. The van der Waals surface area contributed by atoms with Crippen molar-refractivity contribution in [2.24, 2.45) is 23.7 Å². The Labute approximate surface area is 122 Å². The molecule has 2 aliphatic heterocycles. The molecule has 2 heterocycles. The molecule has 0 bridgehead atoms. The van der Waals surface area contributed by atoms with Gasteiger partial charge in [-0.1, -0.05) is 27.7 Å². The van der Waals surface area contributed by atoms with Gasteiger partial charge >= 0.3 is 11.8 Å². The zero-order chi connectivity index (χ0) is 14.9. The Morgan fingerprint density at radius 1 is 0.650 bits per heavy atom. The normalized spacial score (nSPS) is 35.0. The van der Waals surface area contributed by atoms with Crippen molar-refractivity contribution in [1.29, 1.82) is 0 Å². The molecule has 4 atom stereocenters. The van der Waals surface area contributed by atoms with Gasteiger partial charge in [0.25, 0.3) is 0 Å². The molecule has 2 fully saturated rings. The number of hydrogen-bond acceptors (Lipinski definition) is 2. The highest BCUT2D eigenvalue weighted by Crippen LogP contribution is 2.24. The van der Waals surface area contributed by atoms with Crippen LogP contribution in [0.15, 0.2) is 0 Å². The fourth-order valence-corrected chi connectivity index (χ4v) is 3.93. The SMILES string of the molecule is CC1CC(C)CN(C(=O)C(=O)N2CC(C)CC(C)C2)C1. The molecule has 0 radical (unpaired) electrons. The first-order valence-electron chi connectivity index (χ1n) is 7.95. The van der Waals surface area contributed by atoms with Crippen LogP contribution in [0, 0.1) is 23.7 Å². The van der Waals surface area contributed by atoms with E-state index in [9.17, 15) is 9.59 Å². The molecule has 0 aromatic rings. The lowest BCUT2D eigenvalue weighted by atomic mass is 9.91. The Morgan fingerprint density at radius 2 is 0.900 bits per heavy atom. The van der Waals surface area contributed by atoms with Crippen molar-refractivity contribution >= 4 is 11.8 Å². The maximum atomic E-state index is 12.4. The van der Waals surface area contributed by atoms with Crippen LogP contribution in [0.1, 0.15) is 40.5 Å². The van der Waals surface area contributed by atoms with Crippen LogP contribution in [-0.4, -0.2) is 47.8 Å². The molecular weight excluding hydrogens is 252 g/mol. The van der Waals surface area contributed by atoms with E-state index in [1.54, 1.807) is 9.80 Å². The van der Waals surface area contributed by atoms with Crippen molar-refractivity contribution in [3.8, 4) is 0 Å². The molecule has 0 saturated carbocycles. The summed E-state index contributed by atoms with van der Waals surface area (Å²) in [5.41, 5.74) is 0.